The Morgan fingerprint density at radius 2 is 2.08 bits per heavy atom. The summed E-state index contributed by atoms with van der Waals surface area (Å²) >= 11 is 0. The van der Waals surface area contributed by atoms with E-state index in [2.05, 4.69) is 19.1 Å². The SMILES string of the molecule is CCC1(c2ccccc2)CCOO1. The molecule has 2 rings (SSSR count). The van der Waals surface area contributed by atoms with Crippen molar-refractivity contribution in [2.75, 3.05) is 6.61 Å². The molecule has 1 aliphatic heterocycles. The van der Waals surface area contributed by atoms with Crippen LogP contribution in [0.3, 0.4) is 0 Å². The average molecular weight is 178 g/mol. The summed E-state index contributed by atoms with van der Waals surface area (Å²) < 4.78 is 0. The van der Waals surface area contributed by atoms with E-state index in [1.54, 1.807) is 0 Å². The fourth-order valence-corrected chi connectivity index (χ4v) is 1.78. The zero-order valence-electron chi connectivity index (χ0n) is 7.82. The molecule has 1 saturated heterocycles. The van der Waals surface area contributed by atoms with Crippen molar-refractivity contribution in [2.24, 2.45) is 0 Å². The van der Waals surface area contributed by atoms with Gasteiger partial charge in [-0.25, -0.2) is 9.78 Å². The van der Waals surface area contributed by atoms with Crippen LogP contribution in [0.1, 0.15) is 25.3 Å². The van der Waals surface area contributed by atoms with Gasteiger partial charge in [0.25, 0.3) is 0 Å². The number of benzene rings is 1. The molecule has 0 saturated carbocycles. The largest absolute Gasteiger partial charge is 0.236 e. The first-order chi connectivity index (χ1) is 6.37. The third-order valence-electron chi connectivity index (χ3n) is 2.68. The Labute approximate surface area is 78.4 Å². The van der Waals surface area contributed by atoms with Gasteiger partial charge in [-0.2, -0.15) is 0 Å². The minimum atomic E-state index is -0.193. The van der Waals surface area contributed by atoms with E-state index in [1.807, 2.05) is 18.2 Å². The van der Waals surface area contributed by atoms with Gasteiger partial charge >= 0.3 is 0 Å². The Morgan fingerprint density at radius 3 is 2.62 bits per heavy atom. The molecule has 0 N–H and O–H groups in total. The topological polar surface area (TPSA) is 18.5 Å². The van der Waals surface area contributed by atoms with Crippen molar-refractivity contribution in [1.82, 2.24) is 0 Å². The van der Waals surface area contributed by atoms with E-state index >= 15 is 0 Å². The zero-order valence-corrected chi connectivity index (χ0v) is 7.82. The third-order valence-corrected chi connectivity index (χ3v) is 2.68. The molecule has 0 radical (unpaired) electrons. The van der Waals surface area contributed by atoms with E-state index in [9.17, 15) is 0 Å². The van der Waals surface area contributed by atoms with E-state index in [0.717, 1.165) is 12.8 Å². The first-order valence-corrected chi connectivity index (χ1v) is 4.73. The zero-order chi connectivity index (χ0) is 9.15. The minimum absolute atomic E-state index is 0.193. The number of rotatable bonds is 2. The summed E-state index contributed by atoms with van der Waals surface area (Å²) in [7, 11) is 0. The van der Waals surface area contributed by atoms with Gasteiger partial charge < -0.3 is 0 Å². The lowest BCUT2D eigenvalue weighted by atomic mass is 9.89. The van der Waals surface area contributed by atoms with Crippen LogP contribution >= 0.6 is 0 Å². The van der Waals surface area contributed by atoms with Crippen molar-refractivity contribution in [3.8, 4) is 0 Å². The molecule has 1 atom stereocenters. The maximum absolute atomic E-state index is 5.38. The lowest BCUT2D eigenvalue weighted by Gasteiger charge is -2.24. The van der Waals surface area contributed by atoms with Crippen LogP contribution in [0.25, 0.3) is 0 Å². The van der Waals surface area contributed by atoms with Gasteiger partial charge in [-0.15, -0.1) is 0 Å². The molecule has 1 heterocycles. The van der Waals surface area contributed by atoms with Crippen molar-refractivity contribution >= 4 is 0 Å². The Kier molecular flexibility index (Phi) is 2.34. The fraction of sp³-hybridized carbons (Fsp3) is 0.455. The highest BCUT2D eigenvalue weighted by molar-refractivity contribution is 5.22. The smallest absolute Gasteiger partial charge is 0.130 e. The Morgan fingerprint density at radius 1 is 1.31 bits per heavy atom. The molecule has 0 bridgehead atoms. The van der Waals surface area contributed by atoms with Crippen molar-refractivity contribution in [2.45, 2.75) is 25.4 Å². The molecular weight excluding hydrogens is 164 g/mol. The predicted octanol–water partition coefficient (Wildman–Crippen LogP) is 2.64. The van der Waals surface area contributed by atoms with Gasteiger partial charge in [0.15, 0.2) is 0 Å². The molecule has 0 aromatic heterocycles. The van der Waals surface area contributed by atoms with Crippen LogP contribution in [-0.2, 0) is 15.4 Å². The fourth-order valence-electron chi connectivity index (χ4n) is 1.78. The second-order valence-corrected chi connectivity index (χ2v) is 3.37. The summed E-state index contributed by atoms with van der Waals surface area (Å²) in [5.74, 6) is 0. The van der Waals surface area contributed by atoms with Crippen molar-refractivity contribution in [1.29, 1.82) is 0 Å². The summed E-state index contributed by atoms with van der Waals surface area (Å²) in [5.41, 5.74) is 1.02. The summed E-state index contributed by atoms with van der Waals surface area (Å²) in [4.78, 5) is 10.4. The molecule has 0 aliphatic carbocycles. The molecule has 0 spiro atoms. The molecule has 1 aromatic carbocycles. The van der Waals surface area contributed by atoms with E-state index in [1.165, 1.54) is 5.56 Å². The van der Waals surface area contributed by atoms with Crippen molar-refractivity contribution in [3.05, 3.63) is 35.9 Å². The van der Waals surface area contributed by atoms with Crippen molar-refractivity contribution in [3.63, 3.8) is 0 Å². The molecule has 1 unspecified atom stereocenters. The Balaban J connectivity index is 2.31. The molecule has 1 aromatic rings. The molecule has 13 heavy (non-hydrogen) atoms. The van der Waals surface area contributed by atoms with Gasteiger partial charge in [-0.1, -0.05) is 37.3 Å². The van der Waals surface area contributed by atoms with Crippen LogP contribution in [0.5, 0.6) is 0 Å². The van der Waals surface area contributed by atoms with Gasteiger partial charge in [0.1, 0.15) is 5.60 Å². The molecular formula is C11H14O2. The van der Waals surface area contributed by atoms with Gasteiger partial charge in [-0.05, 0) is 12.0 Å². The van der Waals surface area contributed by atoms with Crippen LogP contribution in [0, 0.1) is 0 Å². The maximum atomic E-state index is 5.38. The highest BCUT2D eigenvalue weighted by atomic mass is 17.2. The standard InChI is InChI=1S/C11H14O2/c1-2-11(8-9-12-13-11)10-6-4-3-5-7-10/h3-7H,2,8-9H2,1H3. The van der Waals surface area contributed by atoms with Crippen LogP contribution in [-0.4, -0.2) is 6.61 Å². The number of hydrogen-bond acceptors (Lipinski definition) is 2. The molecule has 1 fully saturated rings. The summed E-state index contributed by atoms with van der Waals surface area (Å²) in [6, 6.07) is 10.3. The van der Waals surface area contributed by atoms with Crippen molar-refractivity contribution < 1.29 is 9.78 Å². The van der Waals surface area contributed by atoms with Gasteiger partial charge in [0, 0.05) is 6.42 Å². The van der Waals surface area contributed by atoms with Gasteiger partial charge in [0.05, 0.1) is 6.61 Å². The van der Waals surface area contributed by atoms with E-state index in [-0.39, 0.29) is 5.60 Å². The van der Waals surface area contributed by atoms with E-state index < -0.39 is 0 Å². The second kappa shape index (κ2) is 3.48. The molecule has 1 aliphatic rings. The first kappa shape index (κ1) is 8.73. The Bertz CT molecular complexity index is 263. The summed E-state index contributed by atoms with van der Waals surface area (Å²) in [5, 5.41) is 0. The number of hydrogen-bond donors (Lipinski definition) is 0. The summed E-state index contributed by atoms with van der Waals surface area (Å²) in [6.07, 6.45) is 1.91. The highest BCUT2D eigenvalue weighted by Gasteiger charge is 2.36. The molecule has 2 heteroatoms. The predicted molar refractivity (Wildman–Crippen MR) is 50.1 cm³/mol. The second-order valence-electron chi connectivity index (χ2n) is 3.37. The Hall–Kier alpha value is -0.860. The lowest BCUT2D eigenvalue weighted by molar-refractivity contribution is -0.314. The van der Waals surface area contributed by atoms with Crippen LogP contribution < -0.4 is 0 Å². The average Bonchev–Trinajstić information content (AvgIpc) is 2.69. The quantitative estimate of drug-likeness (QED) is 0.648. The highest BCUT2D eigenvalue weighted by Crippen LogP contribution is 2.37. The van der Waals surface area contributed by atoms with Gasteiger partial charge in [0.2, 0.25) is 0 Å². The van der Waals surface area contributed by atoms with Gasteiger partial charge in [-0.3, -0.25) is 0 Å². The van der Waals surface area contributed by atoms with E-state index in [0.29, 0.717) is 6.61 Å². The van der Waals surface area contributed by atoms with Crippen LogP contribution in [0.2, 0.25) is 0 Å². The first-order valence-electron chi connectivity index (χ1n) is 4.73. The maximum Gasteiger partial charge on any atom is 0.130 e. The van der Waals surface area contributed by atoms with Crippen LogP contribution in [0.15, 0.2) is 30.3 Å². The van der Waals surface area contributed by atoms with Crippen LogP contribution in [0.4, 0.5) is 0 Å². The monoisotopic (exact) mass is 178 g/mol. The molecule has 2 nitrogen and oxygen atoms in total. The third kappa shape index (κ3) is 1.47. The molecule has 0 amide bonds. The summed E-state index contributed by atoms with van der Waals surface area (Å²) in [6.45, 7) is 2.82. The van der Waals surface area contributed by atoms with E-state index in [4.69, 9.17) is 9.78 Å². The normalized spacial score (nSPS) is 27.8. The lowest BCUT2D eigenvalue weighted by Crippen LogP contribution is -2.23. The molecule has 70 valence electrons. The minimum Gasteiger partial charge on any atom is -0.236 e.